The zero-order valence-electron chi connectivity index (χ0n) is 15.0. The van der Waals surface area contributed by atoms with Crippen molar-refractivity contribution in [2.24, 2.45) is 5.92 Å². The number of hydrogen-bond donors (Lipinski definition) is 1. The minimum absolute atomic E-state index is 0.172. The van der Waals surface area contributed by atoms with Gasteiger partial charge in [-0.2, -0.15) is 0 Å². The standard InChI is InChI=1S/C18H26N6O/c1-3-16-21-8-10-23(16)13-17(25)24-9-4-5-14(12-24)11-15-18(19-2)22-7-6-20-15/h6-8,10,14H,3-5,9,11-13H2,1-2H3,(H,19,22). The van der Waals surface area contributed by atoms with E-state index in [1.807, 2.05) is 22.7 Å². The Hall–Kier alpha value is -2.44. The van der Waals surface area contributed by atoms with Crippen molar-refractivity contribution in [1.82, 2.24) is 24.4 Å². The molecule has 0 spiro atoms. The molecule has 2 aromatic heterocycles. The second-order valence-corrected chi connectivity index (χ2v) is 6.48. The van der Waals surface area contributed by atoms with Crippen LogP contribution in [0.3, 0.4) is 0 Å². The Morgan fingerprint density at radius 3 is 2.92 bits per heavy atom. The van der Waals surface area contributed by atoms with Crippen molar-refractivity contribution >= 4 is 11.7 Å². The van der Waals surface area contributed by atoms with E-state index in [0.717, 1.165) is 56.1 Å². The fourth-order valence-electron chi connectivity index (χ4n) is 3.50. The molecule has 0 aromatic carbocycles. The summed E-state index contributed by atoms with van der Waals surface area (Å²) in [5.74, 6) is 2.39. The Balaban J connectivity index is 1.61. The lowest BCUT2D eigenvalue weighted by atomic mass is 9.93. The predicted octanol–water partition coefficient (Wildman–Crippen LogP) is 1.76. The number of amides is 1. The number of rotatable bonds is 6. The fraction of sp³-hybridized carbons (Fsp3) is 0.556. The Bertz CT molecular complexity index is 713. The molecule has 1 aliphatic rings. The summed E-state index contributed by atoms with van der Waals surface area (Å²) in [5.41, 5.74) is 0.979. The van der Waals surface area contributed by atoms with E-state index >= 15 is 0 Å². The van der Waals surface area contributed by atoms with E-state index in [4.69, 9.17) is 0 Å². The summed E-state index contributed by atoms with van der Waals surface area (Å²) in [7, 11) is 1.86. The normalized spacial score (nSPS) is 17.5. The number of nitrogens with one attached hydrogen (secondary N) is 1. The maximum absolute atomic E-state index is 12.7. The van der Waals surface area contributed by atoms with Gasteiger partial charge in [-0.05, 0) is 25.2 Å². The van der Waals surface area contributed by atoms with E-state index in [-0.39, 0.29) is 5.91 Å². The first-order chi connectivity index (χ1) is 12.2. The maximum Gasteiger partial charge on any atom is 0.242 e. The highest BCUT2D eigenvalue weighted by Gasteiger charge is 2.25. The van der Waals surface area contributed by atoms with Gasteiger partial charge in [0.15, 0.2) is 0 Å². The molecule has 3 heterocycles. The lowest BCUT2D eigenvalue weighted by Gasteiger charge is -2.33. The number of carbonyl (C=O) groups is 1. The summed E-state index contributed by atoms with van der Waals surface area (Å²) in [5, 5.41) is 3.10. The number of carbonyl (C=O) groups excluding carboxylic acids is 1. The summed E-state index contributed by atoms with van der Waals surface area (Å²) in [6.45, 7) is 4.06. The third kappa shape index (κ3) is 4.15. The van der Waals surface area contributed by atoms with E-state index in [9.17, 15) is 4.79 Å². The highest BCUT2D eigenvalue weighted by atomic mass is 16.2. The molecule has 0 radical (unpaired) electrons. The summed E-state index contributed by atoms with van der Waals surface area (Å²) >= 11 is 0. The molecule has 1 amide bonds. The first kappa shape index (κ1) is 17.4. The lowest BCUT2D eigenvalue weighted by molar-refractivity contribution is -0.133. The number of piperidine rings is 1. The van der Waals surface area contributed by atoms with Crippen LogP contribution in [0.2, 0.25) is 0 Å². The second kappa shape index (κ2) is 8.09. The Morgan fingerprint density at radius 2 is 2.12 bits per heavy atom. The first-order valence-electron chi connectivity index (χ1n) is 8.96. The first-order valence-corrected chi connectivity index (χ1v) is 8.96. The second-order valence-electron chi connectivity index (χ2n) is 6.48. The van der Waals surface area contributed by atoms with Gasteiger partial charge in [-0.25, -0.2) is 9.97 Å². The molecule has 1 N–H and O–H groups in total. The highest BCUT2D eigenvalue weighted by molar-refractivity contribution is 5.76. The van der Waals surface area contributed by atoms with Crippen LogP contribution in [0.5, 0.6) is 0 Å². The largest absolute Gasteiger partial charge is 0.372 e. The molecule has 7 nitrogen and oxygen atoms in total. The molecule has 1 unspecified atom stereocenters. The van der Waals surface area contributed by atoms with Crippen LogP contribution in [0, 0.1) is 5.92 Å². The predicted molar refractivity (Wildman–Crippen MR) is 96.2 cm³/mol. The molecule has 1 atom stereocenters. The number of imidazole rings is 1. The minimum Gasteiger partial charge on any atom is -0.372 e. The average molecular weight is 342 g/mol. The van der Waals surface area contributed by atoms with Crippen LogP contribution in [-0.4, -0.2) is 50.5 Å². The van der Waals surface area contributed by atoms with Crippen molar-refractivity contribution in [3.8, 4) is 0 Å². The maximum atomic E-state index is 12.7. The van der Waals surface area contributed by atoms with Gasteiger partial charge in [0.2, 0.25) is 5.91 Å². The third-order valence-electron chi connectivity index (χ3n) is 4.79. The fourth-order valence-corrected chi connectivity index (χ4v) is 3.50. The number of likely N-dealkylation sites (tertiary alicyclic amines) is 1. The molecule has 7 heteroatoms. The van der Waals surface area contributed by atoms with Crippen molar-refractivity contribution < 1.29 is 4.79 Å². The third-order valence-corrected chi connectivity index (χ3v) is 4.79. The average Bonchev–Trinajstić information content (AvgIpc) is 3.09. The molecule has 3 rings (SSSR count). The van der Waals surface area contributed by atoms with Gasteiger partial charge in [-0.1, -0.05) is 6.92 Å². The van der Waals surface area contributed by atoms with E-state index in [1.54, 1.807) is 18.6 Å². The molecule has 1 saturated heterocycles. The van der Waals surface area contributed by atoms with E-state index < -0.39 is 0 Å². The molecular formula is C18H26N6O. The zero-order chi connectivity index (χ0) is 17.6. The van der Waals surface area contributed by atoms with Crippen LogP contribution in [0.4, 0.5) is 5.82 Å². The van der Waals surface area contributed by atoms with Crippen LogP contribution in [0.25, 0.3) is 0 Å². The summed E-state index contributed by atoms with van der Waals surface area (Å²) in [4.78, 5) is 27.8. The Labute approximate surface area is 148 Å². The number of anilines is 1. The molecule has 25 heavy (non-hydrogen) atoms. The number of nitrogens with zero attached hydrogens (tertiary/aromatic N) is 5. The van der Waals surface area contributed by atoms with Gasteiger partial charge in [0.1, 0.15) is 18.2 Å². The number of aromatic nitrogens is 4. The zero-order valence-corrected chi connectivity index (χ0v) is 15.0. The van der Waals surface area contributed by atoms with Crippen LogP contribution < -0.4 is 5.32 Å². The molecule has 2 aromatic rings. The smallest absolute Gasteiger partial charge is 0.242 e. The van der Waals surface area contributed by atoms with Gasteiger partial charge in [0.25, 0.3) is 0 Å². The van der Waals surface area contributed by atoms with Crippen LogP contribution >= 0.6 is 0 Å². The summed E-state index contributed by atoms with van der Waals surface area (Å²) in [6, 6.07) is 0. The molecule has 0 bridgehead atoms. The quantitative estimate of drug-likeness (QED) is 0.866. The monoisotopic (exact) mass is 342 g/mol. The topological polar surface area (TPSA) is 75.9 Å². The van der Waals surface area contributed by atoms with Crippen LogP contribution in [0.1, 0.15) is 31.3 Å². The van der Waals surface area contributed by atoms with Gasteiger partial charge in [-0.3, -0.25) is 9.78 Å². The van der Waals surface area contributed by atoms with Crippen molar-refractivity contribution in [3.63, 3.8) is 0 Å². The molecule has 134 valence electrons. The number of aryl methyl sites for hydroxylation is 1. The van der Waals surface area contributed by atoms with Crippen molar-refractivity contribution in [3.05, 3.63) is 36.3 Å². The van der Waals surface area contributed by atoms with Crippen LogP contribution in [0.15, 0.2) is 24.8 Å². The van der Waals surface area contributed by atoms with Crippen LogP contribution in [-0.2, 0) is 24.2 Å². The number of hydrogen-bond acceptors (Lipinski definition) is 5. The van der Waals surface area contributed by atoms with Crippen molar-refractivity contribution in [2.75, 3.05) is 25.5 Å². The molecule has 0 saturated carbocycles. The summed E-state index contributed by atoms with van der Waals surface area (Å²) in [6.07, 6.45) is 10.9. The van der Waals surface area contributed by atoms with Gasteiger partial charge in [0, 0.05) is 51.3 Å². The van der Waals surface area contributed by atoms with E-state index in [2.05, 4.69) is 27.2 Å². The van der Waals surface area contributed by atoms with Gasteiger partial charge < -0.3 is 14.8 Å². The van der Waals surface area contributed by atoms with E-state index in [1.165, 1.54) is 0 Å². The van der Waals surface area contributed by atoms with Gasteiger partial charge in [0.05, 0.1) is 5.69 Å². The van der Waals surface area contributed by atoms with Crippen molar-refractivity contribution in [1.29, 1.82) is 0 Å². The summed E-state index contributed by atoms with van der Waals surface area (Å²) < 4.78 is 1.95. The van der Waals surface area contributed by atoms with Crippen molar-refractivity contribution in [2.45, 2.75) is 39.2 Å². The molecule has 1 aliphatic heterocycles. The molecule has 0 aliphatic carbocycles. The Kier molecular flexibility index (Phi) is 5.63. The lowest BCUT2D eigenvalue weighted by Crippen LogP contribution is -2.42. The van der Waals surface area contributed by atoms with Gasteiger partial charge >= 0.3 is 0 Å². The SMILES string of the molecule is CCc1nccn1CC(=O)N1CCCC(Cc2nccnc2NC)C1. The highest BCUT2D eigenvalue weighted by Crippen LogP contribution is 2.22. The minimum atomic E-state index is 0.172. The molecule has 1 fully saturated rings. The molecular weight excluding hydrogens is 316 g/mol. The Morgan fingerprint density at radius 1 is 1.28 bits per heavy atom. The van der Waals surface area contributed by atoms with E-state index in [0.29, 0.717) is 12.5 Å². The van der Waals surface area contributed by atoms with Gasteiger partial charge in [-0.15, -0.1) is 0 Å².